The van der Waals surface area contributed by atoms with Gasteiger partial charge < -0.3 is 14.8 Å². The van der Waals surface area contributed by atoms with E-state index in [-0.39, 0.29) is 17.7 Å². The molecular formula is C25H24N4O5. The van der Waals surface area contributed by atoms with E-state index in [1.54, 1.807) is 30.5 Å². The average molecular weight is 460 g/mol. The fourth-order valence-corrected chi connectivity index (χ4v) is 3.91. The first-order valence-electron chi connectivity index (χ1n) is 10.6. The normalized spacial score (nSPS) is 12.6. The number of aromatic amines is 2. The van der Waals surface area contributed by atoms with Gasteiger partial charge in [0.15, 0.2) is 6.04 Å². The second kappa shape index (κ2) is 9.22. The molecule has 9 nitrogen and oxygen atoms in total. The van der Waals surface area contributed by atoms with Crippen LogP contribution in [0.3, 0.4) is 0 Å². The molecule has 2 aromatic carbocycles. The lowest BCUT2D eigenvalue weighted by atomic mass is 10.0. The van der Waals surface area contributed by atoms with Crippen molar-refractivity contribution in [2.75, 3.05) is 7.11 Å². The predicted octanol–water partition coefficient (Wildman–Crippen LogP) is 2.61. The van der Waals surface area contributed by atoms with Crippen molar-refractivity contribution in [2.24, 2.45) is 4.99 Å². The lowest BCUT2D eigenvalue weighted by Crippen LogP contribution is -2.33. The van der Waals surface area contributed by atoms with E-state index in [1.165, 1.54) is 14.0 Å². The van der Waals surface area contributed by atoms with Gasteiger partial charge in [-0.1, -0.05) is 35.9 Å². The van der Waals surface area contributed by atoms with Crippen LogP contribution in [0, 0.1) is 6.92 Å². The maximum atomic E-state index is 12.6. The van der Waals surface area contributed by atoms with Crippen molar-refractivity contribution in [1.29, 1.82) is 0 Å². The number of nitrogens with zero attached hydrogens (tertiary/aromatic N) is 2. The maximum Gasteiger partial charge on any atom is 0.335 e. The summed E-state index contributed by atoms with van der Waals surface area (Å²) in [6.45, 7) is 3.39. The summed E-state index contributed by atoms with van der Waals surface area (Å²) in [4.78, 5) is 47.4. The van der Waals surface area contributed by atoms with Crippen molar-refractivity contribution in [2.45, 2.75) is 26.3 Å². The average Bonchev–Trinajstić information content (AvgIpc) is 3.22. The van der Waals surface area contributed by atoms with E-state index >= 15 is 0 Å². The number of aromatic hydroxyl groups is 1. The number of carbonyl (C=O) groups excluding carboxylic acids is 1. The Morgan fingerprint density at radius 1 is 1.15 bits per heavy atom. The Kier molecular flexibility index (Phi) is 6.18. The van der Waals surface area contributed by atoms with Crippen LogP contribution in [-0.4, -0.2) is 44.5 Å². The van der Waals surface area contributed by atoms with Gasteiger partial charge in [-0.25, -0.2) is 14.2 Å². The summed E-state index contributed by atoms with van der Waals surface area (Å²) in [7, 11) is 1.26. The van der Waals surface area contributed by atoms with Gasteiger partial charge in [-0.3, -0.25) is 14.8 Å². The highest BCUT2D eigenvalue weighted by molar-refractivity contribution is 6.01. The maximum absolute atomic E-state index is 12.6. The van der Waals surface area contributed by atoms with Gasteiger partial charge in [0.2, 0.25) is 5.88 Å². The van der Waals surface area contributed by atoms with Crippen molar-refractivity contribution in [3.63, 3.8) is 0 Å². The molecule has 9 heteroatoms. The zero-order chi connectivity index (χ0) is 24.4. The first-order chi connectivity index (χ1) is 16.3. The number of rotatable bonds is 6. The molecule has 0 spiro atoms. The molecule has 2 aromatic heterocycles. The van der Waals surface area contributed by atoms with Crippen LogP contribution in [0.4, 0.5) is 0 Å². The van der Waals surface area contributed by atoms with Crippen molar-refractivity contribution in [3.8, 4) is 11.6 Å². The van der Waals surface area contributed by atoms with Gasteiger partial charge in [0.25, 0.3) is 5.56 Å². The van der Waals surface area contributed by atoms with Crippen LogP contribution < -0.4 is 11.2 Å². The number of methoxy groups -OCH3 is 1. The summed E-state index contributed by atoms with van der Waals surface area (Å²) >= 11 is 0. The molecule has 0 saturated heterocycles. The summed E-state index contributed by atoms with van der Waals surface area (Å²) in [6.07, 6.45) is 2.01. The minimum absolute atomic E-state index is 0.0925. The summed E-state index contributed by atoms with van der Waals surface area (Å²) in [5, 5.41) is 11.8. The lowest BCUT2D eigenvalue weighted by Gasteiger charge is -2.14. The van der Waals surface area contributed by atoms with E-state index in [2.05, 4.69) is 15.0 Å². The van der Waals surface area contributed by atoms with E-state index in [9.17, 15) is 19.5 Å². The molecule has 4 rings (SSSR count). The summed E-state index contributed by atoms with van der Waals surface area (Å²) in [6, 6.07) is 13.5. The Labute approximate surface area is 194 Å². The molecule has 0 aliphatic carbocycles. The monoisotopic (exact) mass is 460 g/mol. The number of esters is 1. The molecule has 0 fully saturated rings. The SMILES string of the molecule is COC(=O)C(Cc1c[nH]c2ccccc12)N=C(C)c1c(O)n(-c2ccc(C)cc2)c(=O)[nH]c1=O. The molecule has 1 unspecified atom stereocenters. The lowest BCUT2D eigenvalue weighted by molar-refractivity contribution is -0.142. The zero-order valence-electron chi connectivity index (χ0n) is 19.0. The van der Waals surface area contributed by atoms with Crippen LogP contribution in [0.15, 0.2) is 69.3 Å². The molecule has 174 valence electrons. The highest BCUT2D eigenvalue weighted by Crippen LogP contribution is 2.22. The van der Waals surface area contributed by atoms with Gasteiger partial charge in [-0.05, 0) is 37.6 Å². The highest BCUT2D eigenvalue weighted by Gasteiger charge is 2.24. The number of hydrogen-bond donors (Lipinski definition) is 3. The molecule has 0 aliphatic heterocycles. The fourth-order valence-electron chi connectivity index (χ4n) is 3.91. The van der Waals surface area contributed by atoms with E-state index < -0.39 is 29.1 Å². The first-order valence-corrected chi connectivity index (χ1v) is 10.6. The van der Waals surface area contributed by atoms with Crippen molar-refractivity contribution < 1.29 is 14.6 Å². The Balaban J connectivity index is 1.78. The minimum atomic E-state index is -0.970. The first kappa shape index (κ1) is 22.8. The number of hydrogen-bond acceptors (Lipinski definition) is 6. The zero-order valence-corrected chi connectivity index (χ0v) is 19.0. The number of nitrogens with one attached hydrogen (secondary N) is 2. The smallest absolute Gasteiger partial charge is 0.335 e. The van der Waals surface area contributed by atoms with Crippen molar-refractivity contribution in [1.82, 2.24) is 14.5 Å². The van der Waals surface area contributed by atoms with E-state index in [0.717, 1.165) is 26.6 Å². The Morgan fingerprint density at radius 3 is 2.56 bits per heavy atom. The van der Waals surface area contributed by atoms with Crippen LogP contribution in [0.2, 0.25) is 0 Å². The fraction of sp³-hybridized carbons (Fsp3) is 0.200. The molecule has 2 heterocycles. The molecule has 0 aliphatic rings. The Morgan fingerprint density at radius 2 is 1.85 bits per heavy atom. The van der Waals surface area contributed by atoms with E-state index in [4.69, 9.17) is 4.74 Å². The second-order valence-electron chi connectivity index (χ2n) is 7.95. The van der Waals surface area contributed by atoms with Crippen LogP contribution >= 0.6 is 0 Å². The molecule has 3 N–H and O–H groups in total. The Hall–Kier alpha value is -4.40. The third kappa shape index (κ3) is 4.27. The van der Waals surface area contributed by atoms with Gasteiger partial charge in [-0.15, -0.1) is 0 Å². The van der Waals surface area contributed by atoms with Gasteiger partial charge >= 0.3 is 11.7 Å². The number of ether oxygens (including phenoxy) is 1. The molecule has 4 aromatic rings. The van der Waals surface area contributed by atoms with E-state index in [1.807, 2.05) is 31.2 Å². The molecule has 34 heavy (non-hydrogen) atoms. The number of H-pyrrole nitrogens is 2. The van der Waals surface area contributed by atoms with E-state index in [0.29, 0.717) is 5.69 Å². The number of aliphatic imine (C=N–C) groups is 1. The number of aromatic nitrogens is 3. The summed E-state index contributed by atoms with van der Waals surface area (Å²) in [5.41, 5.74) is 1.42. The highest BCUT2D eigenvalue weighted by atomic mass is 16.5. The van der Waals surface area contributed by atoms with Crippen LogP contribution in [-0.2, 0) is 16.0 Å². The number of carbonyl (C=O) groups is 1. The third-order valence-corrected chi connectivity index (χ3v) is 5.65. The van der Waals surface area contributed by atoms with Gasteiger partial charge in [0, 0.05) is 23.5 Å². The predicted molar refractivity (Wildman–Crippen MR) is 129 cm³/mol. The van der Waals surface area contributed by atoms with Gasteiger partial charge in [0.05, 0.1) is 18.5 Å². The standard InChI is InChI=1S/C25H24N4O5/c1-14-8-10-17(11-9-14)29-23(31)21(22(30)28-25(29)33)15(2)27-20(24(32)34-3)12-16-13-26-19-7-5-4-6-18(16)19/h4-11,13,20,26,31H,12H2,1-3H3,(H,28,30,33). The van der Waals surface area contributed by atoms with Crippen molar-refractivity contribution >= 4 is 22.6 Å². The topological polar surface area (TPSA) is 130 Å². The number of aryl methyl sites for hydroxylation is 1. The summed E-state index contributed by atoms with van der Waals surface area (Å²) in [5.74, 6) is -1.15. The molecule has 0 bridgehead atoms. The molecular weight excluding hydrogens is 436 g/mol. The third-order valence-electron chi connectivity index (χ3n) is 5.65. The Bertz CT molecular complexity index is 1510. The van der Waals surface area contributed by atoms with Gasteiger partial charge in [-0.2, -0.15) is 0 Å². The van der Waals surface area contributed by atoms with Crippen LogP contribution in [0.5, 0.6) is 5.88 Å². The molecule has 1 atom stereocenters. The number of para-hydroxylation sites is 1. The van der Waals surface area contributed by atoms with Crippen LogP contribution in [0.25, 0.3) is 16.6 Å². The van der Waals surface area contributed by atoms with Gasteiger partial charge in [0.1, 0.15) is 5.56 Å². The second-order valence-corrected chi connectivity index (χ2v) is 7.95. The minimum Gasteiger partial charge on any atom is -0.493 e. The molecule has 0 saturated carbocycles. The number of fused-ring (bicyclic) bond motifs is 1. The van der Waals surface area contributed by atoms with Crippen molar-refractivity contribution in [3.05, 3.63) is 92.3 Å². The largest absolute Gasteiger partial charge is 0.493 e. The molecule has 0 amide bonds. The number of benzene rings is 2. The molecule has 0 radical (unpaired) electrons. The van der Waals surface area contributed by atoms with Crippen LogP contribution in [0.1, 0.15) is 23.6 Å². The quantitative estimate of drug-likeness (QED) is 0.301. The summed E-state index contributed by atoms with van der Waals surface area (Å²) < 4.78 is 5.92.